The second kappa shape index (κ2) is 8.43. The van der Waals surface area contributed by atoms with Crippen LogP contribution in [0.4, 0.5) is 5.69 Å². The number of nitro groups is 1. The smallest absolute Gasteiger partial charge is 0.338 e. The van der Waals surface area contributed by atoms with E-state index in [0.717, 1.165) is 23.3 Å². The molecule has 8 heteroatoms. The van der Waals surface area contributed by atoms with Crippen molar-refractivity contribution in [3.63, 3.8) is 0 Å². The Hall–Kier alpha value is -4.33. The minimum absolute atomic E-state index is 0.00918. The standard InChI is InChI=1S/C24H19N3O5/c1-3-32-24(29)18-11-17(12-19(13-18)27(30)31)23(28)21-20-10-9-15(2)14-26(20)25-22(21)16-7-5-4-6-8-16/h4-14H,3H2,1-2H3. The van der Waals surface area contributed by atoms with Crippen LogP contribution in [-0.2, 0) is 4.74 Å². The lowest BCUT2D eigenvalue weighted by Crippen LogP contribution is -2.09. The Morgan fingerprint density at radius 1 is 1.06 bits per heavy atom. The van der Waals surface area contributed by atoms with E-state index in [9.17, 15) is 19.7 Å². The second-order valence-corrected chi connectivity index (χ2v) is 7.20. The molecule has 0 fully saturated rings. The van der Waals surface area contributed by atoms with Gasteiger partial charge in [0.25, 0.3) is 5.69 Å². The molecule has 2 heterocycles. The molecule has 160 valence electrons. The highest BCUT2D eigenvalue weighted by Gasteiger charge is 2.25. The van der Waals surface area contributed by atoms with Crippen molar-refractivity contribution in [3.8, 4) is 11.3 Å². The fourth-order valence-corrected chi connectivity index (χ4v) is 3.50. The topological polar surface area (TPSA) is 104 Å². The van der Waals surface area contributed by atoms with Gasteiger partial charge in [-0.2, -0.15) is 5.10 Å². The van der Waals surface area contributed by atoms with Crippen LogP contribution in [0.25, 0.3) is 16.8 Å². The highest BCUT2D eigenvalue weighted by Crippen LogP contribution is 2.30. The Morgan fingerprint density at radius 2 is 1.78 bits per heavy atom. The molecule has 0 saturated carbocycles. The third-order valence-electron chi connectivity index (χ3n) is 4.95. The van der Waals surface area contributed by atoms with Crippen LogP contribution < -0.4 is 0 Å². The molecule has 0 unspecified atom stereocenters. The summed E-state index contributed by atoms with van der Waals surface area (Å²) in [7, 11) is 0. The molecule has 0 aliphatic carbocycles. The molecule has 0 spiro atoms. The number of aryl methyl sites for hydroxylation is 1. The molecule has 0 aliphatic heterocycles. The van der Waals surface area contributed by atoms with Crippen molar-refractivity contribution in [3.05, 3.63) is 99.2 Å². The minimum Gasteiger partial charge on any atom is -0.462 e. The molecule has 2 aromatic heterocycles. The fraction of sp³-hybridized carbons (Fsp3) is 0.125. The van der Waals surface area contributed by atoms with Gasteiger partial charge >= 0.3 is 5.97 Å². The van der Waals surface area contributed by atoms with Gasteiger partial charge in [-0.3, -0.25) is 14.9 Å². The molecular weight excluding hydrogens is 410 g/mol. The van der Waals surface area contributed by atoms with Crippen molar-refractivity contribution in [1.82, 2.24) is 9.61 Å². The number of ether oxygens (including phenoxy) is 1. The summed E-state index contributed by atoms with van der Waals surface area (Å²) in [6, 6.07) is 16.4. The summed E-state index contributed by atoms with van der Waals surface area (Å²) in [4.78, 5) is 36.7. The quantitative estimate of drug-likeness (QED) is 0.192. The lowest BCUT2D eigenvalue weighted by atomic mass is 9.96. The van der Waals surface area contributed by atoms with E-state index in [0.29, 0.717) is 16.8 Å². The van der Waals surface area contributed by atoms with Crippen molar-refractivity contribution >= 4 is 23.0 Å². The number of hydrogen-bond donors (Lipinski definition) is 0. The number of ketones is 1. The number of aromatic nitrogens is 2. The van der Waals surface area contributed by atoms with E-state index in [4.69, 9.17) is 4.74 Å². The normalized spacial score (nSPS) is 10.8. The first-order valence-corrected chi connectivity index (χ1v) is 9.94. The molecule has 0 radical (unpaired) electrons. The van der Waals surface area contributed by atoms with Crippen molar-refractivity contribution in [2.75, 3.05) is 6.61 Å². The van der Waals surface area contributed by atoms with Crippen LogP contribution in [0.1, 0.15) is 38.8 Å². The van der Waals surface area contributed by atoms with Gasteiger partial charge in [-0.25, -0.2) is 9.31 Å². The maximum Gasteiger partial charge on any atom is 0.338 e. The van der Waals surface area contributed by atoms with Crippen molar-refractivity contribution < 1.29 is 19.2 Å². The number of hydrogen-bond acceptors (Lipinski definition) is 6. The third kappa shape index (κ3) is 3.85. The Balaban J connectivity index is 1.94. The maximum absolute atomic E-state index is 13.7. The van der Waals surface area contributed by atoms with Gasteiger partial charge in [0.1, 0.15) is 5.69 Å². The van der Waals surface area contributed by atoms with Gasteiger partial charge in [-0.15, -0.1) is 0 Å². The number of benzene rings is 2. The highest BCUT2D eigenvalue weighted by atomic mass is 16.6. The van der Waals surface area contributed by atoms with E-state index in [1.165, 1.54) is 6.07 Å². The van der Waals surface area contributed by atoms with Gasteiger partial charge in [0.2, 0.25) is 0 Å². The molecule has 4 aromatic rings. The van der Waals surface area contributed by atoms with E-state index in [1.54, 1.807) is 23.7 Å². The molecule has 2 aromatic carbocycles. The number of nitro benzene ring substituents is 1. The summed E-state index contributed by atoms with van der Waals surface area (Å²) in [5, 5.41) is 16.1. The van der Waals surface area contributed by atoms with Gasteiger partial charge in [0, 0.05) is 29.5 Å². The Bertz CT molecular complexity index is 1360. The SMILES string of the molecule is CCOC(=O)c1cc(C(=O)c2c(-c3ccccc3)nn3cc(C)ccc23)cc([N+](=O)[O-])c1. The first-order chi connectivity index (χ1) is 15.4. The molecule has 0 N–H and O–H groups in total. The predicted octanol–water partition coefficient (Wildman–Crippen LogP) is 4.63. The highest BCUT2D eigenvalue weighted by molar-refractivity contribution is 6.17. The van der Waals surface area contributed by atoms with Crippen LogP contribution in [0.5, 0.6) is 0 Å². The summed E-state index contributed by atoms with van der Waals surface area (Å²) < 4.78 is 6.59. The Morgan fingerprint density at radius 3 is 2.47 bits per heavy atom. The number of fused-ring (bicyclic) bond motifs is 1. The molecule has 32 heavy (non-hydrogen) atoms. The summed E-state index contributed by atoms with van der Waals surface area (Å²) in [6.45, 7) is 3.65. The van der Waals surface area contributed by atoms with Crippen LogP contribution in [0.15, 0.2) is 66.9 Å². The largest absolute Gasteiger partial charge is 0.462 e. The molecule has 0 amide bonds. The summed E-state index contributed by atoms with van der Waals surface area (Å²) in [6.07, 6.45) is 1.80. The number of non-ortho nitro benzene ring substituents is 1. The zero-order valence-corrected chi connectivity index (χ0v) is 17.4. The average molecular weight is 429 g/mol. The summed E-state index contributed by atoms with van der Waals surface area (Å²) in [5.41, 5.74) is 2.58. The molecule has 0 aliphatic rings. The monoisotopic (exact) mass is 429 g/mol. The van der Waals surface area contributed by atoms with E-state index in [-0.39, 0.29) is 23.4 Å². The average Bonchev–Trinajstić information content (AvgIpc) is 3.17. The van der Waals surface area contributed by atoms with Crippen LogP contribution in [0.3, 0.4) is 0 Å². The number of pyridine rings is 1. The summed E-state index contributed by atoms with van der Waals surface area (Å²) in [5.74, 6) is -1.21. The minimum atomic E-state index is -0.732. The second-order valence-electron chi connectivity index (χ2n) is 7.20. The fourth-order valence-electron chi connectivity index (χ4n) is 3.50. The van der Waals surface area contributed by atoms with Crippen LogP contribution in [0.2, 0.25) is 0 Å². The van der Waals surface area contributed by atoms with Crippen molar-refractivity contribution in [1.29, 1.82) is 0 Å². The third-order valence-corrected chi connectivity index (χ3v) is 4.95. The zero-order valence-electron chi connectivity index (χ0n) is 17.4. The number of esters is 1. The van der Waals surface area contributed by atoms with Gasteiger partial charge in [0.15, 0.2) is 5.78 Å². The van der Waals surface area contributed by atoms with E-state index in [1.807, 2.05) is 43.3 Å². The van der Waals surface area contributed by atoms with E-state index in [2.05, 4.69) is 5.10 Å². The molecule has 0 saturated heterocycles. The van der Waals surface area contributed by atoms with Crippen LogP contribution >= 0.6 is 0 Å². The molecule has 8 nitrogen and oxygen atoms in total. The molecule has 4 rings (SSSR count). The van der Waals surface area contributed by atoms with Crippen molar-refractivity contribution in [2.45, 2.75) is 13.8 Å². The lowest BCUT2D eigenvalue weighted by molar-refractivity contribution is -0.384. The van der Waals surface area contributed by atoms with Crippen LogP contribution in [0, 0.1) is 17.0 Å². The maximum atomic E-state index is 13.7. The van der Waals surface area contributed by atoms with Gasteiger partial charge in [-0.1, -0.05) is 36.4 Å². The first kappa shape index (κ1) is 20.9. The zero-order chi connectivity index (χ0) is 22.8. The molecule has 0 atom stereocenters. The molecule has 0 bridgehead atoms. The first-order valence-electron chi connectivity index (χ1n) is 9.94. The van der Waals surface area contributed by atoms with Gasteiger partial charge in [-0.05, 0) is 31.5 Å². The Kier molecular flexibility index (Phi) is 5.51. The number of nitrogens with zero attached hydrogens (tertiary/aromatic N) is 3. The van der Waals surface area contributed by atoms with E-state index >= 15 is 0 Å². The van der Waals surface area contributed by atoms with E-state index < -0.39 is 16.7 Å². The number of carbonyl (C=O) groups is 2. The number of rotatable bonds is 6. The van der Waals surface area contributed by atoms with Gasteiger partial charge < -0.3 is 4.74 Å². The lowest BCUT2D eigenvalue weighted by Gasteiger charge is -2.07. The summed E-state index contributed by atoms with van der Waals surface area (Å²) >= 11 is 0. The van der Waals surface area contributed by atoms with Crippen LogP contribution in [-0.4, -0.2) is 32.9 Å². The van der Waals surface area contributed by atoms with Gasteiger partial charge in [0.05, 0.1) is 28.2 Å². The predicted molar refractivity (Wildman–Crippen MR) is 118 cm³/mol. The molecular formula is C24H19N3O5. The number of carbonyl (C=O) groups excluding carboxylic acids is 2. The van der Waals surface area contributed by atoms with Crippen molar-refractivity contribution in [2.24, 2.45) is 0 Å². The Labute approximate surface area is 183 Å².